The predicted molar refractivity (Wildman–Crippen MR) is 108 cm³/mol. The van der Waals surface area contributed by atoms with E-state index < -0.39 is 23.2 Å². The lowest BCUT2D eigenvalue weighted by atomic mass is 10.1. The number of nitrogens with zero attached hydrogens (tertiary/aromatic N) is 3. The number of benzene rings is 2. The lowest BCUT2D eigenvalue weighted by molar-refractivity contribution is -0.384. The highest BCUT2D eigenvalue weighted by atomic mass is 19.4. The van der Waals surface area contributed by atoms with E-state index in [1.807, 2.05) is 30.3 Å². The summed E-state index contributed by atoms with van der Waals surface area (Å²) in [6.45, 7) is 0.306. The zero-order chi connectivity index (χ0) is 23.7. The number of anilines is 1. The number of non-ortho nitro benzene ring substituents is 1. The third-order valence-electron chi connectivity index (χ3n) is 3.94. The fourth-order valence-electron chi connectivity index (χ4n) is 2.36. The van der Waals surface area contributed by atoms with Crippen molar-refractivity contribution in [3.63, 3.8) is 0 Å². The summed E-state index contributed by atoms with van der Waals surface area (Å²) in [5.74, 6) is -2.19. The molecule has 0 amide bonds. The molecule has 0 aliphatic carbocycles. The number of nitro benzene ring substituents is 1. The summed E-state index contributed by atoms with van der Waals surface area (Å²) in [7, 11) is 0. The number of aliphatic hydroxyl groups is 1. The molecule has 0 aliphatic heterocycles. The highest BCUT2D eigenvalue weighted by Crippen LogP contribution is 2.22. The van der Waals surface area contributed by atoms with E-state index in [1.54, 1.807) is 18.2 Å². The minimum atomic E-state index is -5.08. The molecule has 1 heterocycles. The fraction of sp³-hybridized carbons (Fsp3) is 0.150. The summed E-state index contributed by atoms with van der Waals surface area (Å²) in [5, 5.41) is 31.1. The van der Waals surface area contributed by atoms with Crippen molar-refractivity contribution in [3.8, 4) is 11.3 Å². The van der Waals surface area contributed by atoms with Crippen molar-refractivity contribution in [3.05, 3.63) is 82.7 Å². The minimum absolute atomic E-state index is 0.0298. The van der Waals surface area contributed by atoms with E-state index in [1.165, 1.54) is 18.5 Å². The Balaban J connectivity index is 0.000000451. The van der Waals surface area contributed by atoms with Gasteiger partial charge in [0.15, 0.2) is 0 Å². The molecule has 1 unspecified atom stereocenters. The van der Waals surface area contributed by atoms with Crippen molar-refractivity contribution in [1.82, 2.24) is 9.97 Å². The van der Waals surface area contributed by atoms with E-state index in [4.69, 9.17) is 9.90 Å². The van der Waals surface area contributed by atoms with E-state index in [2.05, 4.69) is 15.3 Å². The third kappa shape index (κ3) is 7.32. The van der Waals surface area contributed by atoms with Crippen molar-refractivity contribution in [2.24, 2.45) is 0 Å². The van der Waals surface area contributed by atoms with E-state index in [-0.39, 0.29) is 5.69 Å². The number of carboxylic acids is 1. The van der Waals surface area contributed by atoms with Crippen LogP contribution in [0.5, 0.6) is 0 Å². The van der Waals surface area contributed by atoms with Crippen LogP contribution in [-0.4, -0.2) is 43.8 Å². The van der Waals surface area contributed by atoms with E-state index in [0.29, 0.717) is 18.1 Å². The summed E-state index contributed by atoms with van der Waals surface area (Å²) >= 11 is 0. The number of rotatable bonds is 6. The van der Waals surface area contributed by atoms with Gasteiger partial charge in [0.1, 0.15) is 12.1 Å². The molecule has 1 aromatic heterocycles. The molecule has 0 aliphatic rings. The molecular formula is C20H17F3N4O5. The molecule has 0 saturated carbocycles. The first-order chi connectivity index (χ1) is 15.1. The van der Waals surface area contributed by atoms with Gasteiger partial charge < -0.3 is 15.5 Å². The molecule has 3 N–H and O–H groups in total. The van der Waals surface area contributed by atoms with Gasteiger partial charge in [0.05, 0.1) is 16.7 Å². The van der Waals surface area contributed by atoms with Gasteiger partial charge in [-0.25, -0.2) is 14.8 Å². The Labute approximate surface area is 179 Å². The number of halogens is 3. The number of aromatic nitrogens is 2. The maximum atomic E-state index is 10.7. The fourth-order valence-corrected chi connectivity index (χ4v) is 2.36. The quantitative estimate of drug-likeness (QED) is 0.380. The second-order valence-corrected chi connectivity index (χ2v) is 6.20. The second kappa shape index (κ2) is 10.8. The molecule has 32 heavy (non-hydrogen) atoms. The van der Waals surface area contributed by atoms with Crippen LogP contribution in [0, 0.1) is 10.1 Å². The number of aliphatic carboxylic acids is 1. The van der Waals surface area contributed by atoms with Crippen LogP contribution in [0.15, 0.2) is 67.0 Å². The maximum absolute atomic E-state index is 10.7. The number of hydrogen-bond donors (Lipinski definition) is 3. The molecule has 0 saturated heterocycles. The maximum Gasteiger partial charge on any atom is 0.490 e. The van der Waals surface area contributed by atoms with E-state index >= 15 is 0 Å². The van der Waals surface area contributed by atoms with Gasteiger partial charge in [0.2, 0.25) is 0 Å². The summed E-state index contributed by atoms with van der Waals surface area (Å²) in [4.78, 5) is 27.5. The zero-order valence-electron chi connectivity index (χ0n) is 16.2. The molecule has 3 rings (SSSR count). The van der Waals surface area contributed by atoms with Crippen molar-refractivity contribution in [1.29, 1.82) is 0 Å². The molecule has 0 spiro atoms. The number of hydrogen-bond acceptors (Lipinski definition) is 7. The highest BCUT2D eigenvalue weighted by molar-refractivity contribution is 5.73. The van der Waals surface area contributed by atoms with Gasteiger partial charge in [-0.3, -0.25) is 10.1 Å². The Morgan fingerprint density at radius 3 is 2.22 bits per heavy atom. The largest absolute Gasteiger partial charge is 0.490 e. The lowest BCUT2D eigenvalue weighted by Crippen LogP contribution is -2.21. The molecule has 168 valence electrons. The van der Waals surface area contributed by atoms with Crippen LogP contribution < -0.4 is 5.32 Å². The van der Waals surface area contributed by atoms with Crippen LogP contribution >= 0.6 is 0 Å². The summed E-state index contributed by atoms with van der Waals surface area (Å²) in [6.07, 6.45) is -4.33. The Morgan fingerprint density at radius 1 is 1.09 bits per heavy atom. The number of alkyl halides is 3. The SMILES string of the molecule is O=C(O)C(F)(F)F.O=[N+]([O-])c1ccc(-c2cc(NCC(O)c3ccccc3)ncn2)cc1. The monoisotopic (exact) mass is 450 g/mol. The van der Waals surface area contributed by atoms with Crippen molar-refractivity contribution < 1.29 is 33.1 Å². The van der Waals surface area contributed by atoms with Gasteiger partial charge >= 0.3 is 12.1 Å². The number of nitrogens with one attached hydrogen (secondary N) is 1. The lowest BCUT2D eigenvalue weighted by Gasteiger charge is -2.13. The highest BCUT2D eigenvalue weighted by Gasteiger charge is 2.38. The number of carboxylic acid groups (broad SMARTS) is 1. The van der Waals surface area contributed by atoms with Gasteiger partial charge in [0, 0.05) is 30.3 Å². The Morgan fingerprint density at radius 2 is 1.69 bits per heavy atom. The predicted octanol–water partition coefficient (Wildman–Crippen LogP) is 3.83. The van der Waals surface area contributed by atoms with Gasteiger partial charge in [0.25, 0.3) is 5.69 Å². The topological polar surface area (TPSA) is 138 Å². The second-order valence-electron chi connectivity index (χ2n) is 6.20. The van der Waals surface area contributed by atoms with Crippen LogP contribution in [0.2, 0.25) is 0 Å². The molecule has 0 radical (unpaired) electrons. The Bertz CT molecular complexity index is 1050. The molecule has 3 aromatic rings. The first-order valence-corrected chi connectivity index (χ1v) is 8.92. The average Bonchev–Trinajstić information content (AvgIpc) is 2.78. The zero-order valence-corrected chi connectivity index (χ0v) is 16.2. The van der Waals surface area contributed by atoms with Gasteiger partial charge in [-0.05, 0) is 17.7 Å². The Hall–Kier alpha value is -4.06. The molecule has 0 bridgehead atoms. The van der Waals surface area contributed by atoms with Gasteiger partial charge in [-0.2, -0.15) is 13.2 Å². The van der Waals surface area contributed by atoms with Crippen LogP contribution in [0.25, 0.3) is 11.3 Å². The van der Waals surface area contributed by atoms with Crippen LogP contribution in [0.4, 0.5) is 24.7 Å². The molecule has 12 heteroatoms. The van der Waals surface area contributed by atoms with Crippen LogP contribution in [0.3, 0.4) is 0 Å². The van der Waals surface area contributed by atoms with Crippen LogP contribution in [-0.2, 0) is 4.79 Å². The summed E-state index contributed by atoms with van der Waals surface area (Å²) in [5.41, 5.74) is 2.24. The first kappa shape index (κ1) is 24.2. The third-order valence-corrected chi connectivity index (χ3v) is 3.94. The average molecular weight is 450 g/mol. The molecule has 1 atom stereocenters. The van der Waals surface area contributed by atoms with Gasteiger partial charge in [-0.1, -0.05) is 30.3 Å². The first-order valence-electron chi connectivity index (χ1n) is 8.92. The summed E-state index contributed by atoms with van der Waals surface area (Å²) in [6, 6.07) is 17.2. The van der Waals surface area contributed by atoms with Gasteiger partial charge in [-0.15, -0.1) is 0 Å². The molecule has 9 nitrogen and oxygen atoms in total. The molecule has 2 aromatic carbocycles. The van der Waals surface area contributed by atoms with E-state index in [9.17, 15) is 28.4 Å². The minimum Gasteiger partial charge on any atom is -0.475 e. The molecule has 0 fully saturated rings. The normalized spacial score (nSPS) is 11.6. The van der Waals surface area contributed by atoms with Crippen molar-refractivity contribution >= 4 is 17.5 Å². The summed E-state index contributed by atoms with van der Waals surface area (Å²) < 4.78 is 31.7. The van der Waals surface area contributed by atoms with Crippen molar-refractivity contribution in [2.45, 2.75) is 12.3 Å². The number of carbonyl (C=O) groups is 1. The number of nitro groups is 1. The van der Waals surface area contributed by atoms with Crippen molar-refractivity contribution in [2.75, 3.05) is 11.9 Å². The van der Waals surface area contributed by atoms with E-state index in [0.717, 1.165) is 11.1 Å². The number of aliphatic hydroxyl groups excluding tert-OH is 1. The standard InChI is InChI=1S/C18H16N4O3.C2HF3O2/c23-17(14-4-2-1-3-5-14)11-19-18-10-16(20-12-21-18)13-6-8-15(9-7-13)22(24)25;3-2(4,5)1(6)7/h1-10,12,17,23H,11H2,(H,19,20,21);(H,6,7). The smallest absolute Gasteiger partial charge is 0.475 e. The van der Waals surface area contributed by atoms with Crippen LogP contribution in [0.1, 0.15) is 11.7 Å². The Kier molecular flexibility index (Phi) is 8.18. The molecular weight excluding hydrogens is 433 g/mol.